The first-order chi connectivity index (χ1) is 11.8. The molecule has 1 N–H and O–H groups in total. The lowest BCUT2D eigenvalue weighted by atomic mass is 9.96. The van der Waals surface area contributed by atoms with Gasteiger partial charge in [-0.2, -0.15) is 0 Å². The van der Waals surface area contributed by atoms with Gasteiger partial charge in [-0.25, -0.2) is 0 Å². The number of ether oxygens (including phenoxy) is 2. The Labute approximate surface area is 145 Å². The van der Waals surface area contributed by atoms with Gasteiger partial charge in [0.2, 0.25) is 0 Å². The van der Waals surface area contributed by atoms with Gasteiger partial charge in [-0.15, -0.1) is 0 Å². The van der Waals surface area contributed by atoms with E-state index in [2.05, 4.69) is 5.32 Å². The van der Waals surface area contributed by atoms with E-state index in [9.17, 15) is 4.79 Å². The molecular formula is C18H20N2O3S. The first-order valence-electron chi connectivity index (χ1n) is 8.46. The van der Waals surface area contributed by atoms with Crippen LogP contribution < -0.4 is 14.8 Å². The molecule has 1 amide bonds. The molecule has 6 heteroatoms. The van der Waals surface area contributed by atoms with Crippen LogP contribution in [0.2, 0.25) is 0 Å². The number of hydrogen-bond acceptors (Lipinski definition) is 5. The summed E-state index contributed by atoms with van der Waals surface area (Å²) in [7, 11) is 0. The number of nitrogens with zero attached hydrogens (tertiary/aromatic N) is 1. The molecule has 3 aliphatic rings. The zero-order valence-corrected chi connectivity index (χ0v) is 14.2. The van der Waals surface area contributed by atoms with Gasteiger partial charge in [-0.05, 0) is 48.4 Å². The van der Waals surface area contributed by atoms with Gasteiger partial charge >= 0.3 is 0 Å². The second-order valence-corrected chi connectivity index (χ2v) is 7.22. The Morgan fingerprint density at radius 1 is 1.12 bits per heavy atom. The van der Waals surface area contributed by atoms with Crippen LogP contribution in [-0.2, 0) is 4.79 Å². The number of carbonyl (C=O) groups is 1. The summed E-state index contributed by atoms with van der Waals surface area (Å²) in [5, 5.41) is 3.62. The van der Waals surface area contributed by atoms with Crippen molar-refractivity contribution in [2.75, 3.05) is 13.2 Å². The van der Waals surface area contributed by atoms with E-state index < -0.39 is 0 Å². The standard InChI is InChI=1S/C18H20N2O3S/c21-17-16(24-18(20-17)19-13-4-2-1-3-5-13)11-12-6-7-14-15(10-12)23-9-8-22-14/h6-7,10-11,13H,1-5,8-9H2,(H,19,20,21)/b16-11+. The highest BCUT2D eigenvalue weighted by Crippen LogP contribution is 2.33. The fraction of sp³-hybridized carbons (Fsp3) is 0.444. The molecule has 24 heavy (non-hydrogen) atoms. The lowest BCUT2D eigenvalue weighted by Gasteiger charge is -2.18. The summed E-state index contributed by atoms with van der Waals surface area (Å²) in [5.74, 6) is 1.41. The molecule has 1 aliphatic carbocycles. The van der Waals surface area contributed by atoms with Crippen molar-refractivity contribution < 1.29 is 14.3 Å². The topological polar surface area (TPSA) is 59.9 Å². The number of aliphatic imine (C=N–C) groups is 1. The molecule has 0 unspecified atom stereocenters. The second kappa shape index (κ2) is 6.89. The first kappa shape index (κ1) is 15.6. The molecular weight excluding hydrogens is 324 g/mol. The van der Waals surface area contributed by atoms with Crippen LogP contribution in [0.4, 0.5) is 0 Å². The number of amidine groups is 1. The predicted octanol–water partition coefficient (Wildman–Crippen LogP) is 3.35. The third-order valence-corrected chi connectivity index (χ3v) is 5.31. The summed E-state index contributed by atoms with van der Waals surface area (Å²) in [6.07, 6.45) is 7.90. The van der Waals surface area contributed by atoms with E-state index in [0.717, 1.165) is 35.1 Å². The van der Waals surface area contributed by atoms with E-state index >= 15 is 0 Å². The van der Waals surface area contributed by atoms with Gasteiger partial charge in [0.1, 0.15) is 13.2 Å². The van der Waals surface area contributed by atoms with Crippen molar-refractivity contribution in [3.8, 4) is 11.5 Å². The minimum Gasteiger partial charge on any atom is -0.486 e. The van der Waals surface area contributed by atoms with E-state index in [1.165, 1.54) is 31.0 Å². The van der Waals surface area contributed by atoms with Crippen LogP contribution in [0.15, 0.2) is 28.1 Å². The number of thioether (sulfide) groups is 1. The maximum absolute atomic E-state index is 12.2. The predicted molar refractivity (Wildman–Crippen MR) is 95.5 cm³/mol. The van der Waals surface area contributed by atoms with Crippen LogP contribution in [0.25, 0.3) is 6.08 Å². The normalized spacial score (nSPS) is 24.4. The fourth-order valence-corrected chi connectivity index (χ4v) is 4.06. The van der Waals surface area contributed by atoms with Gasteiger partial charge in [0.25, 0.3) is 5.91 Å². The van der Waals surface area contributed by atoms with Gasteiger partial charge in [-0.1, -0.05) is 25.3 Å². The number of fused-ring (bicyclic) bond motifs is 1. The number of carbonyl (C=O) groups excluding carboxylic acids is 1. The molecule has 0 aromatic heterocycles. The van der Waals surface area contributed by atoms with Crippen LogP contribution in [0.1, 0.15) is 37.7 Å². The molecule has 0 bridgehead atoms. The summed E-state index contributed by atoms with van der Waals surface area (Å²) in [5.41, 5.74) is 0.927. The van der Waals surface area contributed by atoms with E-state index in [4.69, 9.17) is 14.5 Å². The Morgan fingerprint density at radius 3 is 2.75 bits per heavy atom. The van der Waals surface area contributed by atoms with E-state index in [0.29, 0.717) is 24.2 Å². The molecule has 1 saturated carbocycles. The van der Waals surface area contributed by atoms with Crippen molar-refractivity contribution >= 4 is 28.9 Å². The summed E-state index contributed by atoms with van der Waals surface area (Å²) < 4.78 is 11.1. The average Bonchev–Trinajstić information content (AvgIpc) is 2.95. The molecule has 1 aromatic carbocycles. The summed E-state index contributed by atoms with van der Waals surface area (Å²) in [6, 6.07) is 6.08. The molecule has 0 radical (unpaired) electrons. The Kier molecular flexibility index (Phi) is 4.47. The Morgan fingerprint density at radius 2 is 1.92 bits per heavy atom. The smallest absolute Gasteiger partial charge is 0.264 e. The molecule has 5 nitrogen and oxygen atoms in total. The van der Waals surface area contributed by atoms with Gasteiger partial charge in [-0.3, -0.25) is 9.79 Å². The molecule has 1 aromatic rings. The largest absolute Gasteiger partial charge is 0.486 e. The highest BCUT2D eigenvalue weighted by atomic mass is 32.2. The van der Waals surface area contributed by atoms with E-state index in [1.54, 1.807) is 0 Å². The monoisotopic (exact) mass is 344 g/mol. The third kappa shape index (κ3) is 3.43. The van der Waals surface area contributed by atoms with Crippen molar-refractivity contribution in [1.29, 1.82) is 0 Å². The molecule has 2 aliphatic heterocycles. The Balaban J connectivity index is 1.50. The zero-order valence-electron chi connectivity index (χ0n) is 13.4. The molecule has 2 heterocycles. The van der Waals surface area contributed by atoms with Crippen molar-refractivity contribution in [2.24, 2.45) is 4.99 Å². The van der Waals surface area contributed by atoms with Crippen LogP contribution in [-0.4, -0.2) is 30.3 Å². The summed E-state index contributed by atoms with van der Waals surface area (Å²) >= 11 is 1.42. The lowest BCUT2D eigenvalue weighted by Crippen LogP contribution is -2.22. The van der Waals surface area contributed by atoms with Crippen LogP contribution in [0.5, 0.6) is 11.5 Å². The minimum absolute atomic E-state index is 0.0792. The lowest BCUT2D eigenvalue weighted by molar-refractivity contribution is -0.115. The zero-order chi connectivity index (χ0) is 16.4. The average molecular weight is 344 g/mol. The Bertz CT molecular complexity index is 708. The fourth-order valence-electron chi connectivity index (χ4n) is 3.17. The van der Waals surface area contributed by atoms with Crippen molar-refractivity contribution in [1.82, 2.24) is 5.32 Å². The van der Waals surface area contributed by atoms with Crippen LogP contribution in [0.3, 0.4) is 0 Å². The van der Waals surface area contributed by atoms with Gasteiger partial charge in [0, 0.05) is 0 Å². The number of nitrogens with one attached hydrogen (secondary N) is 1. The third-order valence-electron chi connectivity index (χ3n) is 4.39. The summed E-state index contributed by atoms with van der Waals surface area (Å²) in [4.78, 5) is 17.6. The summed E-state index contributed by atoms with van der Waals surface area (Å²) in [6.45, 7) is 1.13. The molecule has 0 spiro atoms. The maximum Gasteiger partial charge on any atom is 0.264 e. The van der Waals surface area contributed by atoms with E-state index in [-0.39, 0.29) is 5.91 Å². The molecule has 4 rings (SSSR count). The minimum atomic E-state index is -0.0792. The van der Waals surface area contributed by atoms with Gasteiger partial charge in [0.05, 0.1) is 10.9 Å². The van der Waals surface area contributed by atoms with Crippen LogP contribution in [0, 0.1) is 0 Å². The van der Waals surface area contributed by atoms with Crippen LogP contribution >= 0.6 is 11.8 Å². The second-order valence-electron chi connectivity index (χ2n) is 6.19. The van der Waals surface area contributed by atoms with Gasteiger partial charge in [0.15, 0.2) is 16.7 Å². The first-order valence-corrected chi connectivity index (χ1v) is 9.28. The highest BCUT2D eigenvalue weighted by Gasteiger charge is 2.25. The number of hydrogen-bond donors (Lipinski definition) is 1. The number of benzene rings is 1. The van der Waals surface area contributed by atoms with E-state index in [1.807, 2.05) is 24.3 Å². The molecule has 0 atom stereocenters. The van der Waals surface area contributed by atoms with Gasteiger partial charge < -0.3 is 14.8 Å². The molecule has 1 saturated heterocycles. The van der Waals surface area contributed by atoms with Crippen molar-refractivity contribution in [3.05, 3.63) is 28.7 Å². The molecule has 2 fully saturated rings. The quantitative estimate of drug-likeness (QED) is 0.836. The number of amides is 1. The Hall–Kier alpha value is -1.95. The maximum atomic E-state index is 12.2. The highest BCUT2D eigenvalue weighted by molar-refractivity contribution is 8.18. The van der Waals surface area contributed by atoms with Crippen molar-refractivity contribution in [2.45, 2.75) is 38.1 Å². The molecule has 126 valence electrons. The number of rotatable bonds is 2. The SMILES string of the molecule is O=C1NC(=NC2CCCCC2)S/C1=C/c1ccc2c(c1)OCCO2. The van der Waals surface area contributed by atoms with Crippen molar-refractivity contribution in [3.63, 3.8) is 0 Å².